The summed E-state index contributed by atoms with van der Waals surface area (Å²) in [6.45, 7) is 13.5. The Bertz CT molecular complexity index is 1370. The molecule has 2 aromatic heterocycles. The van der Waals surface area contributed by atoms with Crippen molar-refractivity contribution in [3.63, 3.8) is 0 Å². The lowest BCUT2D eigenvalue weighted by Gasteiger charge is -2.16. The van der Waals surface area contributed by atoms with Crippen LogP contribution in [0.2, 0.25) is 25.7 Å². The van der Waals surface area contributed by atoms with Gasteiger partial charge in [-0.15, -0.1) is 0 Å². The quantitative estimate of drug-likeness (QED) is 0.125. The van der Waals surface area contributed by atoms with E-state index in [2.05, 4.69) is 29.9 Å². The van der Waals surface area contributed by atoms with Gasteiger partial charge in [0.25, 0.3) is 5.91 Å². The summed E-state index contributed by atoms with van der Waals surface area (Å²) in [6.07, 6.45) is 4.82. The zero-order valence-corrected chi connectivity index (χ0v) is 23.3. The van der Waals surface area contributed by atoms with Crippen molar-refractivity contribution < 1.29 is 14.3 Å². The van der Waals surface area contributed by atoms with Crippen molar-refractivity contribution in [1.29, 1.82) is 5.26 Å². The van der Waals surface area contributed by atoms with E-state index < -0.39 is 19.4 Å². The Morgan fingerprint density at radius 2 is 1.89 bits per heavy atom. The maximum Gasteiger partial charge on any atom is 0.259 e. The van der Waals surface area contributed by atoms with E-state index in [1.54, 1.807) is 42.7 Å². The SMILES string of the molecule is CC(C)(C)C(=O)c1cn(COCC[Si](C)(C)C)c2ncc(Nc3ccc(C=C(C#N)C(N)=O)cc3)nc12. The lowest BCUT2D eigenvalue weighted by molar-refractivity contribution is -0.114. The summed E-state index contributed by atoms with van der Waals surface area (Å²) in [5.74, 6) is -0.322. The van der Waals surface area contributed by atoms with Gasteiger partial charge in [-0.1, -0.05) is 52.5 Å². The number of hydrogen-bond donors (Lipinski definition) is 2. The fraction of sp³-hybridized carbons (Fsp3) is 0.370. The van der Waals surface area contributed by atoms with Gasteiger partial charge in [0.1, 0.15) is 29.7 Å². The van der Waals surface area contributed by atoms with E-state index in [9.17, 15) is 9.59 Å². The average Bonchev–Trinajstić information content (AvgIpc) is 3.17. The van der Waals surface area contributed by atoms with Gasteiger partial charge in [-0.2, -0.15) is 5.26 Å². The van der Waals surface area contributed by atoms with Crippen LogP contribution in [-0.4, -0.2) is 40.9 Å². The topological polar surface area (TPSA) is 136 Å². The maximum absolute atomic E-state index is 13.2. The normalized spacial score (nSPS) is 12.4. The van der Waals surface area contributed by atoms with Gasteiger partial charge >= 0.3 is 0 Å². The Morgan fingerprint density at radius 1 is 1.22 bits per heavy atom. The molecule has 0 fully saturated rings. The number of primary amides is 1. The summed E-state index contributed by atoms with van der Waals surface area (Å²) in [5, 5.41) is 12.2. The van der Waals surface area contributed by atoms with Gasteiger partial charge < -0.3 is 20.4 Å². The highest BCUT2D eigenvalue weighted by molar-refractivity contribution is 6.76. The molecule has 3 N–H and O–H groups in total. The number of Topliss-reactive ketones (excluding diaryl/α,β-unsaturated/α-hetero) is 1. The highest BCUT2D eigenvalue weighted by Crippen LogP contribution is 2.28. The molecule has 0 saturated heterocycles. The van der Waals surface area contributed by atoms with Gasteiger partial charge in [0.2, 0.25) is 0 Å². The second kappa shape index (κ2) is 11.1. The first-order chi connectivity index (χ1) is 17.3. The predicted molar refractivity (Wildman–Crippen MR) is 148 cm³/mol. The first-order valence-corrected chi connectivity index (χ1v) is 15.8. The summed E-state index contributed by atoms with van der Waals surface area (Å²) in [4.78, 5) is 33.8. The molecular formula is C27H34N6O3Si. The molecule has 0 aliphatic heterocycles. The number of benzene rings is 1. The Morgan fingerprint density at radius 3 is 2.46 bits per heavy atom. The van der Waals surface area contributed by atoms with Crippen LogP contribution in [0.25, 0.3) is 17.2 Å². The number of ether oxygens (including phenoxy) is 1. The van der Waals surface area contributed by atoms with Crippen LogP contribution in [0.15, 0.2) is 42.2 Å². The van der Waals surface area contributed by atoms with Gasteiger partial charge in [-0.3, -0.25) is 9.59 Å². The summed E-state index contributed by atoms with van der Waals surface area (Å²) in [5.41, 5.74) is 7.47. The minimum atomic E-state index is -1.21. The van der Waals surface area contributed by atoms with Crippen LogP contribution in [0.3, 0.4) is 0 Å². The lowest BCUT2D eigenvalue weighted by Crippen LogP contribution is -2.22. The van der Waals surface area contributed by atoms with Gasteiger partial charge in [0, 0.05) is 32.0 Å². The third kappa shape index (κ3) is 7.35. The van der Waals surface area contributed by atoms with Crippen LogP contribution >= 0.6 is 0 Å². The molecule has 0 aliphatic carbocycles. The molecule has 0 saturated carbocycles. The van der Waals surface area contributed by atoms with Crippen LogP contribution in [0.5, 0.6) is 0 Å². The zero-order chi connectivity index (χ0) is 27.4. The number of nitrogens with two attached hydrogens (primary N) is 1. The van der Waals surface area contributed by atoms with Crippen LogP contribution in [0.4, 0.5) is 11.5 Å². The molecule has 1 aromatic carbocycles. The molecule has 0 atom stereocenters. The smallest absolute Gasteiger partial charge is 0.259 e. The van der Waals surface area contributed by atoms with Crippen molar-refractivity contribution in [3.8, 4) is 6.07 Å². The van der Waals surface area contributed by atoms with E-state index in [1.165, 1.54) is 6.08 Å². The molecule has 37 heavy (non-hydrogen) atoms. The van der Waals surface area contributed by atoms with E-state index in [-0.39, 0.29) is 11.4 Å². The number of aromatic nitrogens is 3. The van der Waals surface area contributed by atoms with Gasteiger partial charge in [-0.05, 0) is 29.8 Å². The molecule has 3 aromatic rings. The molecule has 1 amide bonds. The van der Waals surface area contributed by atoms with Crippen LogP contribution in [0.1, 0.15) is 36.7 Å². The largest absolute Gasteiger partial charge is 0.365 e. The average molecular weight is 519 g/mol. The minimum Gasteiger partial charge on any atom is -0.365 e. The third-order valence-corrected chi connectivity index (χ3v) is 7.30. The van der Waals surface area contributed by atoms with E-state index >= 15 is 0 Å². The Hall–Kier alpha value is -3.81. The number of carbonyl (C=O) groups is 2. The molecule has 2 heterocycles. The Labute approximate surface area is 218 Å². The molecule has 9 nitrogen and oxygen atoms in total. The van der Waals surface area contributed by atoms with Crippen molar-refractivity contribution >= 4 is 48.5 Å². The van der Waals surface area contributed by atoms with Crippen molar-refractivity contribution in [2.24, 2.45) is 11.1 Å². The Balaban J connectivity index is 1.88. The number of rotatable bonds is 10. The van der Waals surface area contributed by atoms with Crippen LogP contribution < -0.4 is 11.1 Å². The zero-order valence-electron chi connectivity index (χ0n) is 22.3. The van der Waals surface area contributed by atoms with Gasteiger partial charge in [-0.25, -0.2) is 9.97 Å². The van der Waals surface area contributed by atoms with Crippen LogP contribution in [-0.2, 0) is 16.3 Å². The molecule has 0 spiro atoms. The summed E-state index contributed by atoms with van der Waals surface area (Å²) in [7, 11) is -1.21. The molecule has 0 unspecified atom stereocenters. The van der Waals surface area contributed by atoms with Crippen molar-refractivity contribution in [1.82, 2.24) is 14.5 Å². The van der Waals surface area contributed by atoms with Crippen molar-refractivity contribution in [3.05, 3.63) is 53.4 Å². The number of nitriles is 1. The maximum atomic E-state index is 13.2. The first kappa shape index (κ1) is 27.8. The first-order valence-electron chi connectivity index (χ1n) is 12.1. The summed E-state index contributed by atoms with van der Waals surface area (Å²) >= 11 is 0. The summed E-state index contributed by atoms with van der Waals surface area (Å²) < 4.78 is 7.75. The van der Waals surface area contributed by atoms with E-state index in [4.69, 9.17) is 20.7 Å². The molecule has 0 radical (unpaired) electrons. The van der Waals surface area contributed by atoms with E-state index in [0.717, 1.165) is 11.7 Å². The highest BCUT2D eigenvalue weighted by atomic mass is 28.3. The second-order valence-electron chi connectivity index (χ2n) is 11.1. The van der Waals surface area contributed by atoms with Crippen molar-refractivity contribution in [2.45, 2.75) is 53.2 Å². The number of amides is 1. The Kier molecular flexibility index (Phi) is 8.31. The standard InChI is InChI=1S/C27H34N6O3Si/c1-27(2,3)24(34)21-16-33(17-36-11-12-37(4,5)6)26-23(21)32-22(15-30-26)31-20-9-7-18(8-10-20)13-19(14-28)25(29)35/h7-10,13,15-16H,11-12,17H2,1-6H3,(H2,29,35)(H,31,32). The number of ketones is 1. The van der Waals surface area contributed by atoms with E-state index in [0.29, 0.717) is 41.4 Å². The van der Waals surface area contributed by atoms with Crippen molar-refractivity contribution in [2.75, 3.05) is 11.9 Å². The molecule has 10 heteroatoms. The number of hydrogen-bond acceptors (Lipinski definition) is 7. The predicted octanol–water partition coefficient (Wildman–Crippen LogP) is 5.11. The number of nitrogens with one attached hydrogen (secondary N) is 1. The molecular weight excluding hydrogens is 484 g/mol. The number of carbonyl (C=O) groups excluding carboxylic acids is 2. The number of fused-ring (bicyclic) bond motifs is 1. The molecule has 194 valence electrons. The van der Waals surface area contributed by atoms with Gasteiger partial charge in [0.05, 0.1) is 11.8 Å². The molecule has 0 aliphatic rings. The monoisotopic (exact) mass is 518 g/mol. The number of nitrogens with zero attached hydrogens (tertiary/aromatic N) is 4. The molecule has 0 bridgehead atoms. The molecule has 3 rings (SSSR count). The van der Waals surface area contributed by atoms with E-state index in [1.807, 2.05) is 25.3 Å². The van der Waals surface area contributed by atoms with Crippen LogP contribution in [0, 0.1) is 16.7 Å². The fourth-order valence-corrected chi connectivity index (χ4v) is 4.21. The van der Waals surface area contributed by atoms with Gasteiger partial charge in [0.15, 0.2) is 11.4 Å². The minimum absolute atomic E-state index is 0.0244. The second-order valence-corrected chi connectivity index (χ2v) is 16.8. The lowest BCUT2D eigenvalue weighted by atomic mass is 9.87. The summed E-state index contributed by atoms with van der Waals surface area (Å²) in [6, 6.07) is 9.90. The third-order valence-electron chi connectivity index (χ3n) is 5.60. The number of anilines is 2. The highest BCUT2D eigenvalue weighted by Gasteiger charge is 2.28. The fourth-order valence-electron chi connectivity index (χ4n) is 3.46.